The summed E-state index contributed by atoms with van der Waals surface area (Å²) in [7, 11) is 2.19. The number of rotatable bonds is 9. The Hall–Kier alpha value is -3.70. The van der Waals surface area contributed by atoms with Gasteiger partial charge in [0.15, 0.2) is 5.71 Å². The number of quaternary nitrogens is 1. The largest absolute Gasteiger partial charge is 0.344 e. The van der Waals surface area contributed by atoms with Crippen molar-refractivity contribution in [2.24, 2.45) is 0 Å². The number of hydrogen-bond donors (Lipinski definition) is 2. The second-order valence-electron chi connectivity index (χ2n) is 13.0. The lowest BCUT2D eigenvalue weighted by Gasteiger charge is -2.27. The highest BCUT2D eigenvalue weighted by atomic mass is 16.2. The number of carbonyl (C=O) groups excluding carboxylic acids is 1. The maximum Gasteiger partial charge on any atom is 0.264 e. The third-order valence-electron chi connectivity index (χ3n) is 9.43. The molecule has 2 heterocycles. The van der Waals surface area contributed by atoms with E-state index in [0.29, 0.717) is 6.42 Å². The van der Waals surface area contributed by atoms with Gasteiger partial charge in [0.1, 0.15) is 7.05 Å². The summed E-state index contributed by atoms with van der Waals surface area (Å²) >= 11 is 0. The summed E-state index contributed by atoms with van der Waals surface area (Å²) < 4.78 is 2.35. The van der Waals surface area contributed by atoms with E-state index >= 15 is 0 Å². The molecule has 5 heteroatoms. The second-order valence-corrected chi connectivity index (χ2v) is 13.0. The number of benzene rings is 2. The Morgan fingerprint density at radius 1 is 0.929 bits per heavy atom. The van der Waals surface area contributed by atoms with E-state index in [1.165, 1.54) is 51.5 Å². The minimum absolute atomic E-state index is 0.00763. The molecular formula is C37H48N4O+2. The van der Waals surface area contributed by atoms with Crippen molar-refractivity contribution in [1.82, 2.24) is 5.43 Å². The average Bonchev–Trinajstić information content (AvgIpc) is 3.32. The molecule has 2 aromatic rings. The number of para-hydroxylation sites is 2. The quantitative estimate of drug-likeness (QED) is 0.200. The van der Waals surface area contributed by atoms with Crippen LogP contribution < -0.4 is 16.2 Å². The highest BCUT2D eigenvalue weighted by Crippen LogP contribution is 2.48. The van der Waals surface area contributed by atoms with E-state index in [-0.39, 0.29) is 16.7 Å². The first kappa shape index (κ1) is 29.8. The van der Waals surface area contributed by atoms with Gasteiger partial charge in [-0.25, -0.2) is 5.43 Å². The number of nitrogens with one attached hydrogen (secondary N) is 1. The lowest BCUT2D eigenvalue weighted by molar-refractivity contribution is -0.427. The summed E-state index contributed by atoms with van der Waals surface area (Å²) in [5, 5.41) is 0. The summed E-state index contributed by atoms with van der Waals surface area (Å²) in [5.41, 5.74) is 13.3. The van der Waals surface area contributed by atoms with Crippen LogP contribution in [-0.4, -0.2) is 29.8 Å². The van der Waals surface area contributed by atoms with Crippen LogP contribution in [0.1, 0.15) is 83.8 Å². The molecule has 0 spiro atoms. The number of hydrogen-bond acceptors (Lipinski definition) is 2. The Kier molecular flexibility index (Phi) is 8.70. The molecular weight excluding hydrogens is 516 g/mol. The van der Waals surface area contributed by atoms with E-state index in [4.69, 9.17) is 0 Å². The predicted octanol–water partition coefficient (Wildman–Crippen LogP) is 6.80. The van der Waals surface area contributed by atoms with Gasteiger partial charge in [0, 0.05) is 47.5 Å². The van der Waals surface area contributed by atoms with Gasteiger partial charge in [-0.2, -0.15) is 4.58 Å². The molecule has 0 bridgehead atoms. The Bertz CT molecular complexity index is 1500. The predicted molar refractivity (Wildman–Crippen MR) is 174 cm³/mol. The van der Waals surface area contributed by atoms with Gasteiger partial charge >= 0.3 is 0 Å². The van der Waals surface area contributed by atoms with Crippen LogP contribution in [0.25, 0.3) is 0 Å². The molecule has 220 valence electrons. The number of amides is 1. The van der Waals surface area contributed by atoms with Gasteiger partial charge in [-0.15, -0.1) is 0 Å². The maximum absolute atomic E-state index is 11.6. The molecule has 0 unspecified atom stereocenters. The van der Waals surface area contributed by atoms with E-state index in [1.807, 2.05) is 0 Å². The Morgan fingerprint density at radius 2 is 1.67 bits per heavy atom. The SMILES string of the molecule is C[N+]1=C(C=CC2=C/C(=C/C=C3/N(CCCCCC(=O)N[NH3+])c4ccccc4C3(C)C)CCC2)C(C)(C)c2ccccc21. The van der Waals surface area contributed by atoms with E-state index in [1.54, 1.807) is 0 Å². The van der Waals surface area contributed by atoms with Crippen LogP contribution in [0.15, 0.2) is 95.8 Å². The smallest absolute Gasteiger partial charge is 0.264 e. The van der Waals surface area contributed by atoms with Gasteiger partial charge in [0.2, 0.25) is 5.69 Å². The van der Waals surface area contributed by atoms with Crippen LogP contribution >= 0.6 is 0 Å². The van der Waals surface area contributed by atoms with E-state index in [9.17, 15) is 4.79 Å². The van der Waals surface area contributed by atoms with Crippen LogP contribution in [0.5, 0.6) is 0 Å². The van der Waals surface area contributed by atoms with Gasteiger partial charge in [-0.3, -0.25) is 10.6 Å². The van der Waals surface area contributed by atoms with Crippen LogP contribution in [0.4, 0.5) is 11.4 Å². The third-order valence-corrected chi connectivity index (χ3v) is 9.43. The summed E-state index contributed by atoms with van der Waals surface area (Å²) in [6.45, 7) is 10.3. The van der Waals surface area contributed by atoms with E-state index < -0.39 is 0 Å². The monoisotopic (exact) mass is 564 g/mol. The van der Waals surface area contributed by atoms with Crippen LogP contribution in [0.3, 0.4) is 0 Å². The van der Waals surface area contributed by atoms with Crippen molar-refractivity contribution in [1.29, 1.82) is 0 Å². The Balaban J connectivity index is 1.36. The van der Waals surface area contributed by atoms with Crippen molar-refractivity contribution in [2.45, 2.75) is 83.5 Å². The van der Waals surface area contributed by atoms with Crippen molar-refractivity contribution in [2.75, 3.05) is 18.5 Å². The molecule has 1 amide bonds. The topological polar surface area (TPSA) is 63.0 Å². The van der Waals surface area contributed by atoms with Crippen LogP contribution in [0.2, 0.25) is 0 Å². The van der Waals surface area contributed by atoms with Gasteiger partial charge in [0.25, 0.3) is 5.91 Å². The average molecular weight is 565 g/mol. The molecule has 4 N–H and O–H groups in total. The lowest BCUT2D eigenvalue weighted by atomic mass is 9.81. The zero-order valence-electron chi connectivity index (χ0n) is 26.2. The van der Waals surface area contributed by atoms with Gasteiger partial charge in [0.05, 0.1) is 5.41 Å². The van der Waals surface area contributed by atoms with E-state index in [0.717, 1.165) is 38.6 Å². The molecule has 2 aromatic carbocycles. The molecule has 0 aromatic heterocycles. The Morgan fingerprint density at radius 3 is 2.43 bits per heavy atom. The second kappa shape index (κ2) is 12.3. The maximum atomic E-state index is 11.6. The number of fused-ring (bicyclic) bond motifs is 2. The fraction of sp³-hybridized carbons (Fsp3) is 0.405. The zero-order chi connectivity index (χ0) is 29.9. The van der Waals surface area contributed by atoms with Gasteiger partial charge < -0.3 is 4.90 Å². The summed E-state index contributed by atoms with van der Waals surface area (Å²) in [6.07, 6.45) is 18.7. The first-order valence-corrected chi connectivity index (χ1v) is 15.6. The Labute approximate surface area is 252 Å². The van der Waals surface area contributed by atoms with Crippen molar-refractivity contribution < 1.29 is 15.2 Å². The fourth-order valence-electron chi connectivity index (χ4n) is 7.02. The van der Waals surface area contributed by atoms with Crippen molar-refractivity contribution in [3.63, 3.8) is 0 Å². The van der Waals surface area contributed by atoms with Crippen LogP contribution in [0, 0.1) is 0 Å². The number of unbranched alkanes of at least 4 members (excludes halogenated alkanes) is 2. The summed E-state index contributed by atoms with van der Waals surface area (Å²) in [6, 6.07) is 17.6. The minimum atomic E-state index is -0.0627. The molecule has 42 heavy (non-hydrogen) atoms. The number of anilines is 1. The molecule has 2 aliphatic heterocycles. The van der Waals surface area contributed by atoms with Gasteiger partial charge in [-0.05, 0) is 74.8 Å². The molecule has 0 saturated carbocycles. The lowest BCUT2D eigenvalue weighted by Crippen LogP contribution is -2.67. The highest BCUT2D eigenvalue weighted by molar-refractivity contribution is 6.03. The number of nitrogens with zero attached hydrogens (tertiary/aromatic N) is 2. The minimum Gasteiger partial charge on any atom is -0.344 e. The first-order valence-electron chi connectivity index (χ1n) is 15.6. The molecule has 0 saturated heterocycles. The standard InChI is InChI=1S/C37H46N4O/c1-36(2)29-16-8-10-18-31(29)40(5)33(36)23-21-27-14-13-15-28(26-27)22-24-34-37(3,4)30-17-9-11-19-32(30)41(34)25-12-6-7-20-35(42)39-38/h8-11,16-19,21-24,26H,6-7,12-15,20,25,38H2,1-5H3/p+2. The fourth-order valence-corrected chi connectivity index (χ4v) is 7.02. The van der Waals surface area contributed by atoms with Crippen LogP contribution in [-0.2, 0) is 15.6 Å². The number of allylic oxidation sites excluding steroid dienone is 8. The molecule has 5 rings (SSSR count). The number of carbonyl (C=O) groups is 1. The molecule has 5 nitrogen and oxygen atoms in total. The molecule has 1 aliphatic carbocycles. The molecule has 0 radical (unpaired) electrons. The molecule has 0 fully saturated rings. The zero-order valence-corrected chi connectivity index (χ0v) is 26.2. The first-order chi connectivity index (χ1) is 20.1. The normalized spacial score (nSPS) is 20.8. The highest BCUT2D eigenvalue weighted by Gasteiger charge is 2.42. The molecule has 0 atom stereocenters. The third kappa shape index (κ3) is 5.80. The van der Waals surface area contributed by atoms with E-state index in [2.05, 4.69) is 134 Å². The van der Waals surface area contributed by atoms with Crippen molar-refractivity contribution >= 4 is 23.0 Å². The summed E-state index contributed by atoms with van der Waals surface area (Å²) in [5.74, 6) is 3.50. The molecule has 3 aliphatic rings. The van der Waals surface area contributed by atoms with Gasteiger partial charge in [-0.1, -0.05) is 74.9 Å². The van der Waals surface area contributed by atoms with Crippen molar-refractivity contribution in [3.8, 4) is 0 Å². The van der Waals surface area contributed by atoms with Crippen molar-refractivity contribution in [3.05, 3.63) is 107 Å². The summed E-state index contributed by atoms with van der Waals surface area (Å²) in [4.78, 5) is 14.1.